The first-order valence-corrected chi connectivity index (χ1v) is 5.62. The maximum atomic E-state index is 12.6. The Bertz CT molecular complexity index is 551. The summed E-state index contributed by atoms with van der Waals surface area (Å²) < 4.78 is 39.9. The quantitative estimate of drug-likeness (QED) is 0.764. The third-order valence-electron chi connectivity index (χ3n) is 2.07. The van der Waals surface area contributed by atoms with Crippen molar-refractivity contribution < 1.29 is 13.2 Å². The van der Waals surface area contributed by atoms with Gasteiger partial charge in [0.15, 0.2) is 0 Å². The highest BCUT2D eigenvalue weighted by atomic mass is 79.9. The van der Waals surface area contributed by atoms with Gasteiger partial charge in [0.05, 0.1) is 26.9 Å². The van der Waals surface area contributed by atoms with Crippen molar-refractivity contribution in [3.63, 3.8) is 0 Å². The first kappa shape index (κ1) is 12.4. The van der Waals surface area contributed by atoms with Gasteiger partial charge in [0.2, 0.25) is 0 Å². The lowest BCUT2D eigenvalue weighted by molar-refractivity contribution is -0.137. The zero-order valence-electron chi connectivity index (χ0n) is 8.17. The number of hydrogen-bond acceptors (Lipinski definition) is 1. The average molecular weight is 326 g/mol. The summed E-state index contributed by atoms with van der Waals surface area (Å²) in [5, 5.41) is 3.57. The Kier molecular flexibility index (Phi) is 3.18. The van der Waals surface area contributed by atoms with E-state index in [4.69, 9.17) is 11.6 Å². The number of benzene rings is 1. The molecule has 2 rings (SSSR count). The summed E-state index contributed by atoms with van der Waals surface area (Å²) in [6.07, 6.45) is -1.43. The Labute approximate surface area is 108 Å². The van der Waals surface area contributed by atoms with Crippen LogP contribution in [0, 0.1) is 0 Å². The van der Waals surface area contributed by atoms with Crippen molar-refractivity contribution in [1.29, 1.82) is 0 Å². The van der Waals surface area contributed by atoms with Gasteiger partial charge in [-0.25, -0.2) is 4.68 Å². The van der Waals surface area contributed by atoms with Crippen LogP contribution >= 0.6 is 27.5 Å². The van der Waals surface area contributed by atoms with Crippen LogP contribution in [0.1, 0.15) is 5.56 Å². The minimum Gasteiger partial charge on any atom is -0.240 e. The van der Waals surface area contributed by atoms with E-state index >= 15 is 0 Å². The van der Waals surface area contributed by atoms with E-state index in [-0.39, 0.29) is 5.02 Å². The van der Waals surface area contributed by atoms with Gasteiger partial charge in [-0.05, 0) is 34.1 Å². The Morgan fingerprint density at radius 1 is 1.29 bits per heavy atom. The van der Waals surface area contributed by atoms with Crippen LogP contribution < -0.4 is 0 Å². The summed E-state index contributed by atoms with van der Waals surface area (Å²) in [6, 6.07) is 3.63. The van der Waals surface area contributed by atoms with Crippen LogP contribution in [0.5, 0.6) is 0 Å². The fourth-order valence-electron chi connectivity index (χ4n) is 1.32. The van der Waals surface area contributed by atoms with Crippen LogP contribution in [0.15, 0.2) is 35.1 Å². The number of hydrogen-bond donors (Lipinski definition) is 0. The molecular formula is C10H5BrClF3N2. The van der Waals surface area contributed by atoms with Gasteiger partial charge in [0, 0.05) is 6.20 Å². The lowest BCUT2D eigenvalue weighted by atomic mass is 10.2. The van der Waals surface area contributed by atoms with E-state index in [9.17, 15) is 13.2 Å². The summed E-state index contributed by atoms with van der Waals surface area (Å²) in [5.41, 5.74) is -0.573. The third-order valence-corrected chi connectivity index (χ3v) is 2.81. The Balaban J connectivity index is 2.51. The molecule has 0 saturated carbocycles. The minimum absolute atomic E-state index is 0.299. The predicted molar refractivity (Wildman–Crippen MR) is 61.3 cm³/mol. The van der Waals surface area contributed by atoms with Crippen molar-refractivity contribution in [2.24, 2.45) is 0 Å². The second kappa shape index (κ2) is 4.34. The number of aromatic nitrogens is 2. The van der Waals surface area contributed by atoms with Gasteiger partial charge in [-0.15, -0.1) is 0 Å². The average Bonchev–Trinajstić information content (AvgIpc) is 2.64. The molecule has 0 aliphatic rings. The molecule has 7 heteroatoms. The molecular weight excluding hydrogens is 320 g/mol. The molecule has 0 aliphatic carbocycles. The topological polar surface area (TPSA) is 17.8 Å². The van der Waals surface area contributed by atoms with Crippen molar-refractivity contribution in [3.05, 3.63) is 45.7 Å². The van der Waals surface area contributed by atoms with Crippen molar-refractivity contribution in [2.45, 2.75) is 6.18 Å². The molecule has 0 aliphatic heterocycles. The van der Waals surface area contributed by atoms with Gasteiger partial charge in [0.1, 0.15) is 0 Å². The lowest BCUT2D eigenvalue weighted by Crippen LogP contribution is -2.07. The molecule has 0 saturated heterocycles. The highest BCUT2D eigenvalue weighted by Crippen LogP contribution is 2.35. The summed E-state index contributed by atoms with van der Waals surface area (Å²) in [7, 11) is 0. The summed E-state index contributed by atoms with van der Waals surface area (Å²) in [5.74, 6) is 0. The molecule has 0 amide bonds. The number of alkyl halides is 3. The van der Waals surface area contributed by atoms with Crippen LogP contribution in [0.2, 0.25) is 5.02 Å². The molecule has 0 N–H and O–H groups in total. The van der Waals surface area contributed by atoms with Gasteiger partial charge >= 0.3 is 6.18 Å². The summed E-state index contributed by atoms with van der Waals surface area (Å²) in [6.45, 7) is 0. The van der Waals surface area contributed by atoms with E-state index in [0.717, 1.165) is 6.07 Å². The molecule has 0 spiro atoms. The Hall–Kier alpha value is -1.01. The summed E-state index contributed by atoms with van der Waals surface area (Å²) in [4.78, 5) is 0. The zero-order valence-corrected chi connectivity index (χ0v) is 10.5. The monoisotopic (exact) mass is 324 g/mol. The maximum absolute atomic E-state index is 12.6. The largest absolute Gasteiger partial charge is 0.417 e. The molecule has 1 heterocycles. The fraction of sp³-hybridized carbons (Fsp3) is 0.100. The van der Waals surface area contributed by atoms with Crippen molar-refractivity contribution in [3.8, 4) is 5.69 Å². The first-order chi connectivity index (χ1) is 7.88. The molecule has 1 aromatic heterocycles. The number of nitrogens with zero attached hydrogens (tertiary/aromatic N) is 2. The SMILES string of the molecule is FC(F)(F)c1cc(-n2cc(Br)cn2)ccc1Cl. The number of rotatable bonds is 1. The van der Waals surface area contributed by atoms with Crippen LogP contribution in [-0.2, 0) is 6.18 Å². The predicted octanol–water partition coefficient (Wildman–Crippen LogP) is 4.31. The molecule has 0 atom stereocenters. The first-order valence-electron chi connectivity index (χ1n) is 4.45. The van der Waals surface area contributed by atoms with Gasteiger partial charge in [-0.1, -0.05) is 11.6 Å². The maximum Gasteiger partial charge on any atom is 0.417 e. The molecule has 1 aromatic carbocycles. The highest BCUT2D eigenvalue weighted by Gasteiger charge is 2.33. The smallest absolute Gasteiger partial charge is 0.240 e. The van der Waals surface area contributed by atoms with E-state index in [1.807, 2.05) is 0 Å². The Morgan fingerprint density at radius 3 is 2.53 bits per heavy atom. The molecule has 90 valence electrons. The van der Waals surface area contributed by atoms with Gasteiger partial charge in [0.25, 0.3) is 0 Å². The molecule has 0 bridgehead atoms. The summed E-state index contributed by atoms with van der Waals surface area (Å²) >= 11 is 8.68. The zero-order chi connectivity index (χ0) is 12.6. The van der Waals surface area contributed by atoms with E-state index in [1.165, 1.54) is 23.0 Å². The Morgan fingerprint density at radius 2 is 2.00 bits per heavy atom. The normalized spacial score (nSPS) is 11.8. The molecule has 0 fully saturated rings. The second-order valence-corrected chi connectivity index (χ2v) is 4.59. The van der Waals surface area contributed by atoms with E-state index < -0.39 is 11.7 Å². The van der Waals surface area contributed by atoms with Gasteiger partial charge in [-0.2, -0.15) is 18.3 Å². The van der Waals surface area contributed by atoms with Crippen LogP contribution in [-0.4, -0.2) is 9.78 Å². The van der Waals surface area contributed by atoms with Crippen LogP contribution in [0.3, 0.4) is 0 Å². The molecule has 17 heavy (non-hydrogen) atoms. The lowest BCUT2D eigenvalue weighted by Gasteiger charge is -2.10. The van der Waals surface area contributed by atoms with E-state index in [2.05, 4.69) is 21.0 Å². The molecule has 0 unspecified atom stereocenters. The van der Waals surface area contributed by atoms with Gasteiger partial charge < -0.3 is 0 Å². The minimum atomic E-state index is -4.47. The second-order valence-electron chi connectivity index (χ2n) is 3.27. The van der Waals surface area contributed by atoms with Crippen molar-refractivity contribution >= 4 is 27.5 Å². The fourth-order valence-corrected chi connectivity index (χ4v) is 1.83. The van der Waals surface area contributed by atoms with Crippen LogP contribution in [0.4, 0.5) is 13.2 Å². The van der Waals surface area contributed by atoms with Crippen LogP contribution in [0.25, 0.3) is 5.69 Å². The van der Waals surface area contributed by atoms with Gasteiger partial charge in [-0.3, -0.25) is 0 Å². The molecule has 0 radical (unpaired) electrons. The number of halogens is 5. The van der Waals surface area contributed by atoms with Crippen molar-refractivity contribution in [1.82, 2.24) is 9.78 Å². The van der Waals surface area contributed by atoms with E-state index in [1.54, 1.807) is 6.20 Å². The van der Waals surface area contributed by atoms with Crippen molar-refractivity contribution in [2.75, 3.05) is 0 Å². The standard InChI is InChI=1S/C10H5BrClF3N2/c11-6-4-16-17(5-6)7-1-2-9(12)8(3-7)10(13,14)15/h1-5H. The molecule has 2 aromatic rings. The molecule has 2 nitrogen and oxygen atoms in total. The third kappa shape index (κ3) is 2.63. The van der Waals surface area contributed by atoms with E-state index in [0.29, 0.717) is 10.2 Å². The highest BCUT2D eigenvalue weighted by molar-refractivity contribution is 9.10.